The van der Waals surface area contributed by atoms with Crippen LogP contribution in [-0.4, -0.2) is 20.0 Å². The van der Waals surface area contributed by atoms with Crippen LogP contribution in [0.25, 0.3) is 10.9 Å². The number of nitro groups is 1. The zero-order chi connectivity index (χ0) is 11.0. The first-order valence-corrected chi connectivity index (χ1v) is 3.89. The number of nitrogens with zero attached hydrogens (tertiary/aromatic N) is 4. The molecule has 1 aromatic heterocycles. The zero-order valence-electron chi connectivity index (χ0n) is 7.32. The Balaban J connectivity index is 2.85. The van der Waals surface area contributed by atoms with E-state index in [0.29, 0.717) is 4.79 Å². The van der Waals surface area contributed by atoms with Crippen molar-refractivity contribution in [3.63, 3.8) is 0 Å². The van der Waals surface area contributed by atoms with E-state index < -0.39 is 10.5 Å². The van der Waals surface area contributed by atoms with Crippen LogP contribution in [0.5, 0.6) is 0 Å². The highest BCUT2D eigenvalue weighted by Gasteiger charge is 2.10. The van der Waals surface area contributed by atoms with Gasteiger partial charge in [-0.2, -0.15) is 0 Å². The van der Waals surface area contributed by atoms with E-state index in [1.807, 2.05) is 0 Å². The van der Waals surface area contributed by atoms with Gasteiger partial charge in [0.2, 0.25) is 0 Å². The van der Waals surface area contributed by atoms with E-state index in [1.165, 1.54) is 12.1 Å². The number of nitro benzene ring substituents is 1. The molecule has 0 aliphatic heterocycles. The van der Waals surface area contributed by atoms with Crippen LogP contribution in [0.1, 0.15) is 0 Å². The summed E-state index contributed by atoms with van der Waals surface area (Å²) in [4.78, 5) is 21.8. The molecule has 8 heteroatoms. The molecule has 0 bridgehead atoms. The molecule has 2 rings (SSSR count). The molecule has 0 saturated heterocycles. The number of nitrogen functional groups attached to an aromatic ring is 1. The number of hydrogen-bond acceptors (Lipinski definition) is 6. The molecule has 0 amide bonds. The molecule has 0 aliphatic rings. The first kappa shape index (κ1) is 9.06. The highest BCUT2D eigenvalue weighted by atomic mass is 16.6. The minimum absolute atomic E-state index is 0.0710. The van der Waals surface area contributed by atoms with Crippen molar-refractivity contribution in [2.45, 2.75) is 0 Å². The van der Waals surface area contributed by atoms with Gasteiger partial charge in [0.1, 0.15) is 5.52 Å². The average Bonchev–Trinajstić information content (AvgIpc) is 2.23. The van der Waals surface area contributed by atoms with Crippen molar-refractivity contribution in [3.05, 3.63) is 38.7 Å². The van der Waals surface area contributed by atoms with Crippen LogP contribution < -0.4 is 11.4 Å². The summed E-state index contributed by atoms with van der Waals surface area (Å²) in [6.45, 7) is 0. The van der Waals surface area contributed by atoms with Gasteiger partial charge in [0.05, 0.1) is 10.3 Å². The highest BCUT2D eigenvalue weighted by molar-refractivity contribution is 5.79. The van der Waals surface area contributed by atoms with E-state index in [2.05, 4.69) is 10.3 Å². The molecule has 1 heterocycles. The Morgan fingerprint density at radius 3 is 2.87 bits per heavy atom. The summed E-state index contributed by atoms with van der Waals surface area (Å²) in [5.74, 6) is 5.17. The Morgan fingerprint density at radius 1 is 1.47 bits per heavy atom. The Labute approximate surface area is 82.0 Å². The van der Waals surface area contributed by atoms with Gasteiger partial charge in [-0.05, 0) is 11.3 Å². The van der Waals surface area contributed by atoms with Crippen LogP contribution in [-0.2, 0) is 0 Å². The molecule has 2 N–H and O–H groups in total. The lowest BCUT2D eigenvalue weighted by molar-refractivity contribution is -0.384. The lowest BCUT2D eigenvalue weighted by Gasteiger charge is -1.97. The van der Waals surface area contributed by atoms with E-state index in [1.54, 1.807) is 0 Å². The molecular formula is C7H5N5O3. The maximum absolute atomic E-state index is 11.4. The molecule has 1 aromatic carbocycles. The van der Waals surface area contributed by atoms with Crippen molar-refractivity contribution in [1.29, 1.82) is 0 Å². The molecule has 0 fully saturated rings. The Hall–Kier alpha value is -2.51. The largest absolute Gasteiger partial charge is 0.318 e. The number of fused-ring (bicyclic) bond motifs is 1. The van der Waals surface area contributed by atoms with Gasteiger partial charge in [0.15, 0.2) is 0 Å². The van der Waals surface area contributed by atoms with Crippen LogP contribution in [0.4, 0.5) is 5.69 Å². The molecule has 8 nitrogen and oxygen atoms in total. The summed E-state index contributed by atoms with van der Waals surface area (Å²) in [6, 6.07) is 3.72. The molecule has 0 unspecified atom stereocenters. The summed E-state index contributed by atoms with van der Waals surface area (Å²) in [5.41, 5.74) is -0.538. The van der Waals surface area contributed by atoms with Crippen molar-refractivity contribution >= 4 is 16.6 Å². The zero-order valence-corrected chi connectivity index (χ0v) is 7.32. The maximum Gasteiger partial charge on any atom is 0.296 e. The molecule has 0 spiro atoms. The molecular weight excluding hydrogens is 202 g/mol. The molecule has 0 saturated carbocycles. The topological polar surface area (TPSA) is 117 Å². The van der Waals surface area contributed by atoms with Gasteiger partial charge in [-0.3, -0.25) is 14.9 Å². The molecule has 2 aromatic rings. The normalized spacial score (nSPS) is 10.4. The minimum atomic E-state index is -0.622. The number of aromatic nitrogens is 3. The fourth-order valence-electron chi connectivity index (χ4n) is 1.16. The number of nitrogens with two attached hydrogens (primary N) is 1. The van der Waals surface area contributed by atoms with E-state index in [0.717, 1.165) is 6.07 Å². The summed E-state index contributed by atoms with van der Waals surface area (Å²) in [7, 11) is 0. The molecule has 0 aliphatic carbocycles. The molecule has 76 valence electrons. The number of non-ortho nitro benzene ring substituents is 1. The summed E-state index contributed by atoms with van der Waals surface area (Å²) in [5, 5.41) is 17.5. The lowest BCUT2D eigenvalue weighted by atomic mass is 10.2. The third-order valence-corrected chi connectivity index (χ3v) is 1.88. The molecule has 0 radical (unpaired) electrons. The second kappa shape index (κ2) is 3.01. The quantitative estimate of drug-likeness (QED) is 0.379. The van der Waals surface area contributed by atoms with Gasteiger partial charge >= 0.3 is 0 Å². The first-order chi connectivity index (χ1) is 7.09. The third kappa shape index (κ3) is 1.37. The van der Waals surface area contributed by atoms with Crippen LogP contribution in [0, 0.1) is 10.1 Å². The molecule has 15 heavy (non-hydrogen) atoms. The molecule has 0 atom stereocenters. The average molecular weight is 207 g/mol. The van der Waals surface area contributed by atoms with Gasteiger partial charge in [-0.25, -0.2) is 0 Å². The maximum atomic E-state index is 11.4. The van der Waals surface area contributed by atoms with Crippen molar-refractivity contribution in [2.24, 2.45) is 0 Å². The van der Waals surface area contributed by atoms with Crippen LogP contribution in [0.3, 0.4) is 0 Å². The standard InChI is InChI=1S/C7H5N5O3/c8-11-7(13)5-3-4(12(14)15)1-2-6(5)9-10-11/h1-3H,8H2. The van der Waals surface area contributed by atoms with E-state index >= 15 is 0 Å². The van der Waals surface area contributed by atoms with Crippen molar-refractivity contribution in [2.75, 3.05) is 5.84 Å². The van der Waals surface area contributed by atoms with E-state index in [-0.39, 0.29) is 16.6 Å². The number of benzene rings is 1. The van der Waals surface area contributed by atoms with Gasteiger partial charge in [-0.15, -0.1) is 9.89 Å². The van der Waals surface area contributed by atoms with Gasteiger partial charge in [0, 0.05) is 12.1 Å². The smallest absolute Gasteiger partial charge is 0.296 e. The van der Waals surface area contributed by atoms with Gasteiger partial charge < -0.3 is 5.84 Å². The predicted octanol–water partition coefficient (Wildman–Crippen LogP) is -0.587. The summed E-state index contributed by atoms with van der Waals surface area (Å²) in [6.07, 6.45) is 0. The summed E-state index contributed by atoms with van der Waals surface area (Å²) < 4.78 is 0. The van der Waals surface area contributed by atoms with Gasteiger partial charge in [-0.1, -0.05) is 0 Å². The van der Waals surface area contributed by atoms with Crippen LogP contribution in [0.2, 0.25) is 0 Å². The van der Waals surface area contributed by atoms with Crippen molar-refractivity contribution < 1.29 is 4.92 Å². The Bertz CT molecular complexity index is 605. The number of rotatable bonds is 1. The lowest BCUT2D eigenvalue weighted by Crippen LogP contribution is -2.30. The third-order valence-electron chi connectivity index (χ3n) is 1.88. The van der Waals surface area contributed by atoms with Crippen molar-refractivity contribution in [3.8, 4) is 0 Å². The first-order valence-electron chi connectivity index (χ1n) is 3.89. The van der Waals surface area contributed by atoms with Crippen LogP contribution >= 0.6 is 0 Å². The second-order valence-electron chi connectivity index (χ2n) is 2.80. The number of hydrogen-bond donors (Lipinski definition) is 1. The fraction of sp³-hybridized carbons (Fsp3) is 0. The SMILES string of the molecule is Nn1nnc2ccc([N+](=O)[O-])cc2c1=O. The highest BCUT2D eigenvalue weighted by Crippen LogP contribution is 2.15. The van der Waals surface area contributed by atoms with Crippen molar-refractivity contribution in [1.82, 2.24) is 15.1 Å². The summed E-state index contributed by atoms with van der Waals surface area (Å²) >= 11 is 0. The second-order valence-corrected chi connectivity index (χ2v) is 2.80. The monoisotopic (exact) mass is 207 g/mol. The van der Waals surface area contributed by atoms with E-state index in [4.69, 9.17) is 5.84 Å². The Kier molecular flexibility index (Phi) is 1.82. The Morgan fingerprint density at radius 2 is 2.20 bits per heavy atom. The van der Waals surface area contributed by atoms with Crippen LogP contribution in [0.15, 0.2) is 23.0 Å². The van der Waals surface area contributed by atoms with Gasteiger partial charge in [0.25, 0.3) is 11.2 Å². The predicted molar refractivity (Wildman–Crippen MR) is 50.6 cm³/mol. The van der Waals surface area contributed by atoms with E-state index in [9.17, 15) is 14.9 Å². The minimum Gasteiger partial charge on any atom is -0.318 e. The fourth-order valence-corrected chi connectivity index (χ4v) is 1.16.